The van der Waals surface area contributed by atoms with Gasteiger partial charge < -0.3 is 9.64 Å². The Kier molecular flexibility index (Phi) is 7.32. The van der Waals surface area contributed by atoms with Gasteiger partial charge in [0.15, 0.2) is 0 Å². The number of rotatable bonds is 8. The predicted molar refractivity (Wildman–Crippen MR) is 94.4 cm³/mol. The van der Waals surface area contributed by atoms with Crippen LogP contribution in [0.25, 0.3) is 0 Å². The number of unbranched alkanes of at least 4 members (excludes halogenated alkanes) is 1. The van der Waals surface area contributed by atoms with Gasteiger partial charge >= 0.3 is 0 Å². The van der Waals surface area contributed by atoms with Gasteiger partial charge in [-0.15, -0.1) is 11.8 Å². The number of aromatic nitrogens is 1. The van der Waals surface area contributed by atoms with Crippen molar-refractivity contribution < 1.29 is 14.3 Å². The molecule has 0 unspecified atom stereocenters. The third-order valence-corrected chi connectivity index (χ3v) is 4.84. The summed E-state index contributed by atoms with van der Waals surface area (Å²) in [5.41, 5.74) is 0. The van der Waals surface area contributed by atoms with Crippen LogP contribution in [0.1, 0.15) is 12.8 Å². The second-order valence-corrected chi connectivity index (χ2v) is 7.02. The summed E-state index contributed by atoms with van der Waals surface area (Å²) in [6.07, 6.45) is 3.36. The summed E-state index contributed by atoms with van der Waals surface area (Å²) in [5, 5.41) is 0. The number of ether oxygens (including phenoxy) is 1. The third-order valence-electron chi connectivity index (χ3n) is 3.42. The highest BCUT2D eigenvalue weighted by Gasteiger charge is 2.26. The molecule has 1 saturated heterocycles. The van der Waals surface area contributed by atoms with E-state index in [4.69, 9.17) is 4.74 Å². The van der Waals surface area contributed by atoms with E-state index in [9.17, 15) is 9.59 Å². The molecule has 0 aromatic carbocycles. The highest BCUT2D eigenvalue weighted by atomic mass is 79.9. The molecular weight excluding hydrogens is 382 g/mol. The maximum Gasteiger partial charge on any atom is 0.247 e. The molecule has 2 heterocycles. The van der Waals surface area contributed by atoms with Gasteiger partial charge in [0.25, 0.3) is 0 Å². The molecule has 0 saturated carbocycles. The minimum atomic E-state index is -0.104. The average molecular weight is 402 g/mol. The standard InChI is InChI=1S/C15H20BrN3O3S/c1-22-7-3-2-6-19(13-5-4-12(16)8-17-13)14(20)9-18-11-23-10-15(18)21/h4-5,8H,2-3,6-7,9-11H2,1H3. The van der Waals surface area contributed by atoms with Crippen molar-refractivity contribution >= 4 is 45.3 Å². The van der Waals surface area contributed by atoms with E-state index in [1.54, 1.807) is 29.2 Å². The smallest absolute Gasteiger partial charge is 0.247 e. The highest BCUT2D eigenvalue weighted by Crippen LogP contribution is 2.18. The molecule has 2 amide bonds. The Hall–Kier alpha value is -1.12. The van der Waals surface area contributed by atoms with E-state index >= 15 is 0 Å². The van der Waals surface area contributed by atoms with Crippen LogP contribution in [0.5, 0.6) is 0 Å². The first-order chi connectivity index (χ1) is 11.1. The molecule has 1 aliphatic heterocycles. The van der Waals surface area contributed by atoms with Gasteiger partial charge in [0.1, 0.15) is 12.4 Å². The molecule has 0 N–H and O–H groups in total. The van der Waals surface area contributed by atoms with Crippen LogP contribution in [0.15, 0.2) is 22.8 Å². The summed E-state index contributed by atoms with van der Waals surface area (Å²) < 4.78 is 5.91. The number of hydrogen-bond acceptors (Lipinski definition) is 5. The minimum absolute atomic E-state index is 0.0199. The van der Waals surface area contributed by atoms with Crippen molar-refractivity contribution in [3.05, 3.63) is 22.8 Å². The fourth-order valence-electron chi connectivity index (χ4n) is 2.20. The number of halogens is 1. The SMILES string of the molecule is COCCCCN(C(=O)CN1CSCC1=O)c1ccc(Br)cn1. The molecule has 0 bridgehead atoms. The van der Waals surface area contributed by atoms with Gasteiger partial charge in [-0.1, -0.05) is 0 Å². The lowest BCUT2D eigenvalue weighted by atomic mass is 10.3. The van der Waals surface area contributed by atoms with E-state index in [1.165, 1.54) is 11.8 Å². The highest BCUT2D eigenvalue weighted by molar-refractivity contribution is 9.10. The molecule has 0 atom stereocenters. The summed E-state index contributed by atoms with van der Waals surface area (Å²) in [7, 11) is 1.66. The minimum Gasteiger partial charge on any atom is -0.385 e. The van der Waals surface area contributed by atoms with Gasteiger partial charge in [-0.25, -0.2) is 4.98 Å². The summed E-state index contributed by atoms with van der Waals surface area (Å²) in [6.45, 7) is 1.33. The Balaban J connectivity index is 2.03. The molecule has 1 fully saturated rings. The van der Waals surface area contributed by atoms with E-state index in [2.05, 4.69) is 20.9 Å². The number of methoxy groups -OCH3 is 1. The molecule has 126 valence electrons. The molecule has 23 heavy (non-hydrogen) atoms. The van der Waals surface area contributed by atoms with Gasteiger partial charge in [0.2, 0.25) is 11.8 Å². The maximum atomic E-state index is 12.6. The zero-order chi connectivity index (χ0) is 16.7. The van der Waals surface area contributed by atoms with Crippen molar-refractivity contribution in [2.75, 3.05) is 43.3 Å². The molecule has 2 rings (SSSR count). The number of amides is 2. The fraction of sp³-hybridized carbons (Fsp3) is 0.533. The number of nitrogens with zero attached hydrogens (tertiary/aromatic N) is 3. The Bertz CT molecular complexity index is 541. The second kappa shape index (κ2) is 9.24. The molecule has 6 nitrogen and oxygen atoms in total. The van der Waals surface area contributed by atoms with Gasteiger partial charge in [-0.3, -0.25) is 14.5 Å². The third kappa shape index (κ3) is 5.47. The molecule has 0 aliphatic carbocycles. The Morgan fingerprint density at radius 1 is 1.48 bits per heavy atom. The van der Waals surface area contributed by atoms with Crippen LogP contribution in [-0.4, -0.2) is 60.1 Å². The van der Waals surface area contributed by atoms with Crippen LogP contribution < -0.4 is 4.90 Å². The van der Waals surface area contributed by atoms with Crippen LogP contribution in [0.3, 0.4) is 0 Å². The normalized spacial score (nSPS) is 14.3. The van der Waals surface area contributed by atoms with Gasteiger partial charge in [0.05, 0.1) is 11.6 Å². The number of hydrogen-bond donors (Lipinski definition) is 0. The average Bonchev–Trinajstić information content (AvgIpc) is 2.94. The number of anilines is 1. The first-order valence-corrected chi connectivity index (χ1v) is 9.33. The quantitative estimate of drug-likeness (QED) is 0.624. The predicted octanol–water partition coefficient (Wildman–Crippen LogP) is 2.14. The summed E-state index contributed by atoms with van der Waals surface area (Å²) >= 11 is 4.88. The molecule has 1 aromatic rings. The second-order valence-electron chi connectivity index (χ2n) is 5.15. The van der Waals surface area contributed by atoms with E-state index in [1.807, 2.05) is 6.07 Å². The Labute approximate surface area is 148 Å². The van der Waals surface area contributed by atoms with Gasteiger partial charge in [-0.2, -0.15) is 0 Å². The number of carbonyl (C=O) groups excluding carboxylic acids is 2. The van der Waals surface area contributed by atoms with Crippen molar-refractivity contribution in [1.82, 2.24) is 9.88 Å². The van der Waals surface area contributed by atoms with Gasteiger partial charge in [0, 0.05) is 30.9 Å². The first kappa shape index (κ1) is 18.2. The van der Waals surface area contributed by atoms with Crippen LogP contribution in [0.2, 0.25) is 0 Å². The largest absolute Gasteiger partial charge is 0.385 e. The van der Waals surface area contributed by atoms with Crippen LogP contribution in [-0.2, 0) is 14.3 Å². The number of carbonyl (C=O) groups is 2. The van der Waals surface area contributed by atoms with Crippen molar-refractivity contribution in [2.24, 2.45) is 0 Å². The van der Waals surface area contributed by atoms with E-state index < -0.39 is 0 Å². The molecule has 1 aromatic heterocycles. The lowest BCUT2D eigenvalue weighted by molar-refractivity contribution is -0.131. The molecule has 1 aliphatic rings. The molecule has 0 spiro atoms. The maximum absolute atomic E-state index is 12.6. The lowest BCUT2D eigenvalue weighted by Crippen LogP contribution is -2.42. The zero-order valence-corrected chi connectivity index (χ0v) is 15.4. The first-order valence-electron chi connectivity index (χ1n) is 7.38. The fourth-order valence-corrected chi connectivity index (χ4v) is 3.34. The Morgan fingerprint density at radius 3 is 2.91 bits per heavy atom. The molecule has 8 heteroatoms. The molecule has 0 radical (unpaired) electrons. The number of pyridine rings is 1. The summed E-state index contributed by atoms with van der Waals surface area (Å²) in [6, 6.07) is 3.66. The van der Waals surface area contributed by atoms with Crippen molar-refractivity contribution in [1.29, 1.82) is 0 Å². The summed E-state index contributed by atoms with van der Waals surface area (Å²) in [5.74, 6) is 1.56. The van der Waals surface area contributed by atoms with E-state index in [-0.39, 0.29) is 18.4 Å². The number of thioether (sulfide) groups is 1. The van der Waals surface area contributed by atoms with Crippen molar-refractivity contribution in [2.45, 2.75) is 12.8 Å². The van der Waals surface area contributed by atoms with E-state index in [0.717, 1.165) is 17.3 Å². The Morgan fingerprint density at radius 2 is 2.30 bits per heavy atom. The van der Waals surface area contributed by atoms with Crippen LogP contribution in [0.4, 0.5) is 5.82 Å². The summed E-state index contributed by atoms with van der Waals surface area (Å²) in [4.78, 5) is 31.9. The van der Waals surface area contributed by atoms with Crippen LogP contribution >= 0.6 is 27.7 Å². The van der Waals surface area contributed by atoms with Crippen molar-refractivity contribution in [3.63, 3.8) is 0 Å². The topological polar surface area (TPSA) is 62.7 Å². The molecular formula is C15H20BrN3O3S. The monoisotopic (exact) mass is 401 g/mol. The van der Waals surface area contributed by atoms with Gasteiger partial charge in [-0.05, 0) is 40.9 Å². The van der Waals surface area contributed by atoms with E-state index in [0.29, 0.717) is 30.6 Å². The zero-order valence-electron chi connectivity index (χ0n) is 13.0. The van der Waals surface area contributed by atoms with Crippen molar-refractivity contribution in [3.8, 4) is 0 Å². The van der Waals surface area contributed by atoms with Crippen LogP contribution in [0, 0.1) is 0 Å². The lowest BCUT2D eigenvalue weighted by Gasteiger charge is -2.24.